The Bertz CT molecular complexity index is 647. The van der Waals surface area contributed by atoms with Gasteiger partial charge in [0.1, 0.15) is 11.3 Å². The summed E-state index contributed by atoms with van der Waals surface area (Å²) in [5.41, 5.74) is 1.76. The van der Waals surface area contributed by atoms with E-state index in [1.54, 1.807) is 10.6 Å². The topological polar surface area (TPSA) is 54.3 Å². The van der Waals surface area contributed by atoms with Crippen LogP contribution in [0.3, 0.4) is 0 Å². The van der Waals surface area contributed by atoms with Gasteiger partial charge < -0.3 is 15.0 Å². The summed E-state index contributed by atoms with van der Waals surface area (Å²) >= 11 is 0. The number of hydrogen-bond acceptors (Lipinski definition) is 2. The Morgan fingerprint density at radius 1 is 1.35 bits per heavy atom. The molecule has 0 saturated heterocycles. The van der Waals surface area contributed by atoms with Crippen molar-refractivity contribution < 1.29 is 9.90 Å². The van der Waals surface area contributed by atoms with Gasteiger partial charge in [0.15, 0.2) is 0 Å². The minimum absolute atomic E-state index is 0.157. The predicted octanol–water partition coefficient (Wildman–Crippen LogP) is 1.59. The summed E-state index contributed by atoms with van der Waals surface area (Å²) < 4.78 is 1.77. The van der Waals surface area contributed by atoms with Crippen molar-refractivity contribution in [2.45, 2.75) is 18.4 Å². The molecular formula is C16H18N2O2. The van der Waals surface area contributed by atoms with Gasteiger partial charge in [-0.05, 0) is 36.1 Å². The van der Waals surface area contributed by atoms with Gasteiger partial charge in [-0.1, -0.05) is 24.3 Å². The fraction of sp³-hybridized carbons (Fsp3) is 0.312. The summed E-state index contributed by atoms with van der Waals surface area (Å²) in [7, 11) is 1.83. The number of carbonyl (C=O) groups excluding carboxylic acids is 1. The van der Waals surface area contributed by atoms with Gasteiger partial charge in [0.05, 0.1) is 6.54 Å². The molecule has 1 atom stereocenters. The van der Waals surface area contributed by atoms with Crippen molar-refractivity contribution in [3.8, 4) is 0 Å². The molecule has 3 rings (SSSR count). The van der Waals surface area contributed by atoms with Crippen LogP contribution < -0.4 is 5.32 Å². The number of nitrogens with one attached hydrogen (secondary N) is 1. The monoisotopic (exact) mass is 270 g/mol. The lowest BCUT2D eigenvalue weighted by Crippen LogP contribution is -2.39. The van der Waals surface area contributed by atoms with E-state index in [0.717, 1.165) is 12.0 Å². The Hall–Kier alpha value is -2.07. The number of nitrogens with zero attached hydrogens (tertiary/aromatic N) is 1. The van der Waals surface area contributed by atoms with Crippen molar-refractivity contribution in [1.82, 2.24) is 9.88 Å². The zero-order chi connectivity index (χ0) is 14.2. The lowest BCUT2D eigenvalue weighted by atomic mass is 9.96. The van der Waals surface area contributed by atoms with E-state index in [1.165, 1.54) is 5.56 Å². The highest BCUT2D eigenvalue weighted by Gasteiger charge is 2.36. The molecule has 4 nitrogen and oxygen atoms in total. The van der Waals surface area contributed by atoms with Gasteiger partial charge in [-0.25, -0.2) is 0 Å². The molecule has 0 radical (unpaired) electrons. The Balaban J connectivity index is 1.73. The summed E-state index contributed by atoms with van der Waals surface area (Å²) in [6.07, 6.45) is 3.33. The standard InChI is InChI=1S/C16H18N2O2/c1-18-10-4-7-14(18)15(19)17-11-16(20)9-8-12-5-2-3-6-13(12)16/h2-7,10,20H,8-9,11H2,1H3,(H,17,19). The minimum Gasteiger partial charge on any atom is -0.383 e. The molecule has 0 spiro atoms. The molecule has 1 aliphatic carbocycles. The number of aryl methyl sites for hydroxylation is 2. The van der Waals surface area contributed by atoms with Crippen LogP contribution in [0.15, 0.2) is 42.6 Å². The van der Waals surface area contributed by atoms with E-state index in [1.807, 2.05) is 43.6 Å². The zero-order valence-corrected chi connectivity index (χ0v) is 11.5. The minimum atomic E-state index is -0.947. The average molecular weight is 270 g/mol. The number of aromatic nitrogens is 1. The van der Waals surface area contributed by atoms with E-state index >= 15 is 0 Å². The molecule has 0 fully saturated rings. The second-order valence-corrected chi connectivity index (χ2v) is 5.38. The molecule has 0 bridgehead atoms. The third-order valence-corrected chi connectivity index (χ3v) is 4.04. The van der Waals surface area contributed by atoms with Crippen LogP contribution in [0.5, 0.6) is 0 Å². The quantitative estimate of drug-likeness (QED) is 0.890. The molecule has 0 saturated carbocycles. The van der Waals surface area contributed by atoms with Crippen LogP contribution in [0, 0.1) is 0 Å². The fourth-order valence-electron chi connectivity index (χ4n) is 2.87. The lowest BCUT2D eigenvalue weighted by Gasteiger charge is -2.24. The Morgan fingerprint density at radius 3 is 2.90 bits per heavy atom. The maximum atomic E-state index is 12.1. The second kappa shape index (κ2) is 4.80. The maximum Gasteiger partial charge on any atom is 0.268 e. The van der Waals surface area contributed by atoms with Crippen molar-refractivity contribution in [3.63, 3.8) is 0 Å². The molecular weight excluding hydrogens is 252 g/mol. The smallest absolute Gasteiger partial charge is 0.268 e. The fourth-order valence-corrected chi connectivity index (χ4v) is 2.87. The largest absolute Gasteiger partial charge is 0.383 e. The van der Waals surface area contributed by atoms with E-state index < -0.39 is 5.60 Å². The van der Waals surface area contributed by atoms with E-state index in [0.29, 0.717) is 12.1 Å². The van der Waals surface area contributed by atoms with Crippen LogP contribution in [0.1, 0.15) is 28.0 Å². The van der Waals surface area contributed by atoms with Crippen LogP contribution in [-0.2, 0) is 19.1 Å². The molecule has 104 valence electrons. The first kappa shape index (κ1) is 12.9. The third-order valence-electron chi connectivity index (χ3n) is 4.04. The number of aliphatic hydroxyl groups is 1. The highest BCUT2D eigenvalue weighted by molar-refractivity contribution is 5.92. The maximum absolute atomic E-state index is 12.1. The first-order chi connectivity index (χ1) is 9.60. The third kappa shape index (κ3) is 2.12. The van der Waals surface area contributed by atoms with E-state index in [4.69, 9.17) is 0 Å². The summed E-state index contributed by atoms with van der Waals surface area (Å²) in [6.45, 7) is 0.244. The van der Waals surface area contributed by atoms with Gasteiger partial charge >= 0.3 is 0 Å². The SMILES string of the molecule is Cn1cccc1C(=O)NCC1(O)CCc2ccccc21. The summed E-state index contributed by atoms with van der Waals surface area (Å²) in [5, 5.41) is 13.6. The van der Waals surface area contributed by atoms with E-state index in [2.05, 4.69) is 5.32 Å². The van der Waals surface area contributed by atoms with Crippen LogP contribution in [-0.4, -0.2) is 22.1 Å². The molecule has 1 aliphatic rings. The number of rotatable bonds is 3. The van der Waals surface area contributed by atoms with Gasteiger partial charge in [-0.3, -0.25) is 4.79 Å². The van der Waals surface area contributed by atoms with Crippen LogP contribution in [0.25, 0.3) is 0 Å². The normalized spacial score (nSPS) is 20.7. The number of hydrogen-bond donors (Lipinski definition) is 2. The number of benzene rings is 1. The van der Waals surface area contributed by atoms with Crippen molar-refractivity contribution in [2.75, 3.05) is 6.54 Å². The molecule has 2 N–H and O–H groups in total. The highest BCUT2D eigenvalue weighted by atomic mass is 16.3. The van der Waals surface area contributed by atoms with Crippen molar-refractivity contribution in [2.24, 2.45) is 7.05 Å². The van der Waals surface area contributed by atoms with Crippen LogP contribution >= 0.6 is 0 Å². The summed E-state index contributed by atoms with van der Waals surface area (Å²) in [4.78, 5) is 12.1. The van der Waals surface area contributed by atoms with Crippen LogP contribution in [0.2, 0.25) is 0 Å². The molecule has 20 heavy (non-hydrogen) atoms. The van der Waals surface area contributed by atoms with Crippen LogP contribution in [0.4, 0.5) is 0 Å². The molecule has 1 heterocycles. The van der Waals surface area contributed by atoms with Crippen molar-refractivity contribution in [3.05, 3.63) is 59.4 Å². The lowest BCUT2D eigenvalue weighted by molar-refractivity contribution is 0.0368. The second-order valence-electron chi connectivity index (χ2n) is 5.38. The number of amides is 1. The van der Waals surface area contributed by atoms with E-state index in [-0.39, 0.29) is 12.5 Å². The Labute approximate surface area is 118 Å². The Kier molecular flexibility index (Phi) is 3.10. The Morgan fingerprint density at radius 2 is 2.15 bits per heavy atom. The molecule has 4 heteroatoms. The molecule has 1 aromatic carbocycles. The first-order valence-electron chi connectivity index (χ1n) is 6.80. The van der Waals surface area contributed by atoms with Gasteiger partial charge in [-0.2, -0.15) is 0 Å². The first-order valence-corrected chi connectivity index (χ1v) is 6.80. The predicted molar refractivity (Wildman–Crippen MR) is 76.4 cm³/mol. The van der Waals surface area contributed by atoms with E-state index in [9.17, 15) is 9.90 Å². The van der Waals surface area contributed by atoms with Gasteiger partial charge in [0.25, 0.3) is 5.91 Å². The van der Waals surface area contributed by atoms with Crippen molar-refractivity contribution in [1.29, 1.82) is 0 Å². The van der Waals surface area contributed by atoms with Gasteiger partial charge in [-0.15, -0.1) is 0 Å². The molecule has 1 amide bonds. The highest BCUT2D eigenvalue weighted by Crippen LogP contribution is 2.36. The zero-order valence-electron chi connectivity index (χ0n) is 11.5. The summed E-state index contributed by atoms with van der Waals surface area (Å²) in [6, 6.07) is 11.5. The number of fused-ring (bicyclic) bond motifs is 1. The van der Waals surface area contributed by atoms with Crippen molar-refractivity contribution >= 4 is 5.91 Å². The summed E-state index contributed by atoms with van der Waals surface area (Å²) in [5.74, 6) is -0.157. The molecule has 1 aromatic heterocycles. The average Bonchev–Trinajstić information content (AvgIpc) is 3.02. The van der Waals surface area contributed by atoms with Gasteiger partial charge in [0.2, 0.25) is 0 Å². The van der Waals surface area contributed by atoms with Gasteiger partial charge in [0, 0.05) is 13.2 Å². The number of carbonyl (C=O) groups is 1. The molecule has 0 aliphatic heterocycles. The molecule has 1 unspecified atom stereocenters. The molecule has 2 aromatic rings.